The summed E-state index contributed by atoms with van der Waals surface area (Å²) in [7, 11) is -1.63. The Hall–Kier alpha value is -1.07. The zero-order valence-electron chi connectivity index (χ0n) is 15.0. The molecular formula is C18H30O4S. The Balaban J connectivity index is 0.00000127. The summed E-state index contributed by atoms with van der Waals surface area (Å²) in [5.41, 5.74) is 2.52. The van der Waals surface area contributed by atoms with Crippen molar-refractivity contribution in [3.05, 3.63) is 29.3 Å². The number of hydrogen-bond donors (Lipinski definition) is 0. The van der Waals surface area contributed by atoms with Crippen LogP contribution in [0.25, 0.3) is 0 Å². The van der Waals surface area contributed by atoms with Crippen LogP contribution < -0.4 is 4.74 Å². The van der Waals surface area contributed by atoms with Gasteiger partial charge in [-0.25, -0.2) is 0 Å². The van der Waals surface area contributed by atoms with Gasteiger partial charge in [0.2, 0.25) is 0 Å². The van der Waals surface area contributed by atoms with Gasteiger partial charge in [0.15, 0.2) is 0 Å². The fraction of sp³-hybridized carbons (Fsp3) is 0.667. The molecule has 1 saturated carbocycles. The summed E-state index contributed by atoms with van der Waals surface area (Å²) in [6.07, 6.45) is 5.32. The van der Waals surface area contributed by atoms with Crippen LogP contribution in [0.2, 0.25) is 0 Å². The van der Waals surface area contributed by atoms with Gasteiger partial charge in [-0.1, -0.05) is 26.0 Å². The predicted octanol–water partition coefficient (Wildman–Crippen LogP) is 4.28. The van der Waals surface area contributed by atoms with Crippen molar-refractivity contribution in [1.82, 2.24) is 0 Å². The van der Waals surface area contributed by atoms with Crippen LogP contribution in [0.1, 0.15) is 56.6 Å². The lowest BCUT2D eigenvalue weighted by molar-refractivity contribution is 0.206. The molecule has 0 saturated heterocycles. The second-order valence-electron chi connectivity index (χ2n) is 5.94. The first-order valence-corrected chi connectivity index (χ1v) is 10.2. The van der Waals surface area contributed by atoms with Gasteiger partial charge in [0.1, 0.15) is 5.75 Å². The summed E-state index contributed by atoms with van der Waals surface area (Å²) in [4.78, 5) is 0. The van der Waals surface area contributed by atoms with Gasteiger partial charge in [-0.3, -0.25) is 4.18 Å². The van der Waals surface area contributed by atoms with Crippen LogP contribution in [-0.2, 0) is 14.3 Å². The Morgan fingerprint density at radius 2 is 1.74 bits per heavy atom. The molecule has 1 aliphatic carbocycles. The van der Waals surface area contributed by atoms with Crippen molar-refractivity contribution in [2.75, 3.05) is 20.0 Å². The van der Waals surface area contributed by atoms with E-state index >= 15 is 0 Å². The third-order valence-corrected chi connectivity index (χ3v) is 4.82. The lowest BCUT2D eigenvalue weighted by Crippen LogP contribution is -2.19. The maximum absolute atomic E-state index is 11.0. The molecule has 0 amide bonds. The number of rotatable bonds is 5. The number of benzene rings is 1. The van der Waals surface area contributed by atoms with Crippen LogP contribution >= 0.6 is 0 Å². The first kappa shape index (κ1) is 20.0. The van der Waals surface area contributed by atoms with Gasteiger partial charge in [0.05, 0.1) is 20.0 Å². The molecule has 1 aliphatic rings. The summed E-state index contributed by atoms with van der Waals surface area (Å²) in [5, 5.41) is 0. The van der Waals surface area contributed by atoms with E-state index in [4.69, 9.17) is 8.92 Å². The molecule has 0 radical (unpaired) electrons. The molecular weight excluding hydrogens is 312 g/mol. The fourth-order valence-electron chi connectivity index (χ4n) is 3.04. The zero-order valence-corrected chi connectivity index (χ0v) is 15.8. The van der Waals surface area contributed by atoms with Gasteiger partial charge < -0.3 is 4.74 Å². The molecule has 0 aromatic heterocycles. The van der Waals surface area contributed by atoms with Crippen molar-refractivity contribution in [1.29, 1.82) is 0 Å². The van der Waals surface area contributed by atoms with Crippen molar-refractivity contribution < 1.29 is 17.3 Å². The van der Waals surface area contributed by atoms with Gasteiger partial charge in [-0.05, 0) is 61.6 Å². The molecule has 4 nitrogen and oxygen atoms in total. The molecule has 0 spiro atoms. The van der Waals surface area contributed by atoms with Crippen molar-refractivity contribution in [2.24, 2.45) is 5.92 Å². The van der Waals surface area contributed by atoms with Gasteiger partial charge >= 0.3 is 0 Å². The molecule has 0 heterocycles. The summed E-state index contributed by atoms with van der Waals surface area (Å²) in [6.45, 7) is 6.39. The van der Waals surface area contributed by atoms with Crippen molar-refractivity contribution in [3.8, 4) is 5.75 Å². The first-order valence-electron chi connectivity index (χ1n) is 8.38. The number of ether oxygens (including phenoxy) is 1. The predicted molar refractivity (Wildman–Crippen MR) is 94.6 cm³/mol. The molecule has 2 rings (SSSR count). The second-order valence-corrected chi connectivity index (χ2v) is 7.58. The highest BCUT2D eigenvalue weighted by molar-refractivity contribution is 7.85. The lowest BCUT2D eigenvalue weighted by atomic mass is 9.79. The van der Waals surface area contributed by atoms with Crippen LogP contribution in [0.3, 0.4) is 0 Å². The Morgan fingerprint density at radius 3 is 2.22 bits per heavy atom. The Labute approximate surface area is 141 Å². The molecule has 0 atom stereocenters. The van der Waals surface area contributed by atoms with Gasteiger partial charge in [0, 0.05) is 0 Å². The molecule has 1 fully saturated rings. The first-order chi connectivity index (χ1) is 10.9. The van der Waals surface area contributed by atoms with Crippen molar-refractivity contribution in [3.63, 3.8) is 0 Å². The Morgan fingerprint density at radius 1 is 1.13 bits per heavy atom. The number of methoxy groups -OCH3 is 1. The fourth-order valence-corrected chi connectivity index (χ4v) is 3.48. The summed E-state index contributed by atoms with van der Waals surface area (Å²) in [5.74, 6) is 1.84. The topological polar surface area (TPSA) is 52.6 Å². The third-order valence-electron chi connectivity index (χ3n) is 4.25. The maximum Gasteiger partial charge on any atom is 0.264 e. The molecule has 23 heavy (non-hydrogen) atoms. The average molecular weight is 343 g/mol. The van der Waals surface area contributed by atoms with E-state index in [1.165, 1.54) is 5.56 Å². The van der Waals surface area contributed by atoms with E-state index in [1.54, 1.807) is 7.11 Å². The summed E-state index contributed by atoms with van der Waals surface area (Å²) >= 11 is 0. The minimum Gasteiger partial charge on any atom is -0.496 e. The van der Waals surface area contributed by atoms with Gasteiger partial charge in [-0.2, -0.15) is 8.42 Å². The maximum atomic E-state index is 11.0. The molecule has 0 N–H and O–H groups in total. The molecule has 1 aromatic rings. The van der Waals surface area contributed by atoms with Crippen LogP contribution in [0, 0.1) is 12.8 Å². The van der Waals surface area contributed by atoms with Crippen LogP contribution in [0.15, 0.2) is 18.2 Å². The Bertz CT molecular complexity index is 573. The number of hydrogen-bond acceptors (Lipinski definition) is 4. The normalized spacial score (nSPS) is 21.3. The molecule has 5 heteroatoms. The third kappa shape index (κ3) is 6.51. The second kappa shape index (κ2) is 9.28. The largest absolute Gasteiger partial charge is 0.496 e. The monoisotopic (exact) mass is 342 g/mol. The van der Waals surface area contributed by atoms with Gasteiger partial charge in [-0.15, -0.1) is 0 Å². The van der Waals surface area contributed by atoms with E-state index in [9.17, 15) is 8.42 Å². The van der Waals surface area contributed by atoms with Crippen LogP contribution in [-0.4, -0.2) is 28.4 Å². The molecule has 1 aromatic carbocycles. The summed E-state index contributed by atoms with van der Waals surface area (Å²) in [6, 6.07) is 6.38. The van der Waals surface area contributed by atoms with Crippen LogP contribution in [0.4, 0.5) is 0 Å². The van der Waals surface area contributed by atoms with E-state index in [1.807, 2.05) is 19.9 Å². The van der Waals surface area contributed by atoms with E-state index in [0.717, 1.165) is 43.3 Å². The molecule has 0 aliphatic heterocycles. The molecule has 132 valence electrons. The smallest absolute Gasteiger partial charge is 0.264 e. The lowest BCUT2D eigenvalue weighted by Gasteiger charge is -2.28. The quantitative estimate of drug-likeness (QED) is 0.750. The Kier molecular flexibility index (Phi) is 8.06. The van der Waals surface area contributed by atoms with Gasteiger partial charge in [0.25, 0.3) is 10.1 Å². The SMILES string of the molecule is CC.COc1ccc(C2CCC(COS(C)(=O)=O)CC2)cc1C. The van der Waals surface area contributed by atoms with Crippen LogP contribution in [0.5, 0.6) is 5.75 Å². The zero-order chi connectivity index (χ0) is 17.5. The van der Waals surface area contributed by atoms with E-state index in [-0.39, 0.29) is 0 Å². The van der Waals surface area contributed by atoms with E-state index in [2.05, 4.69) is 19.1 Å². The highest BCUT2D eigenvalue weighted by Gasteiger charge is 2.23. The minimum absolute atomic E-state index is 0.327. The molecule has 0 unspecified atom stereocenters. The average Bonchev–Trinajstić information content (AvgIpc) is 2.54. The van der Waals surface area contributed by atoms with Crippen molar-refractivity contribution in [2.45, 2.75) is 52.4 Å². The highest BCUT2D eigenvalue weighted by atomic mass is 32.2. The standard InChI is InChI=1S/C16H24O4S.C2H6/c1-12-10-15(8-9-16(12)19-2)14-6-4-13(5-7-14)11-20-21(3,17)18;1-2/h8-10,13-14H,4-7,11H2,1-3H3;1-2H3. The van der Waals surface area contributed by atoms with Crippen molar-refractivity contribution >= 4 is 10.1 Å². The molecule has 0 bridgehead atoms. The minimum atomic E-state index is -3.32. The van der Waals surface area contributed by atoms with E-state index < -0.39 is 10.1 Å². The summed E-state index contributed by atoms with van der Waals surface area (Å²) < 4.78 is 32.3. The van der Waals surface area contributed by atoms with E-state index in [0.29, 0.717) is 18.4 Å². The highest BCUT2D eigenvalue weighted by Crippen LogP contribution is 2.37. The number of aryl methyl sites for hydroxylation is 1.